The first kappa shape index (κ1) is 22.9. The number of morpholine rings is 1. The van der Waals surface area contributed by atoms with E-state index in [-0.39, 0.29) is 11.6 Å². The molecule has 0 atom stereocenters. The third-order valence-electron chi connectivity index (χ3n) is 5.53. The van der Waals surface area contributed by atoms with Gasteiger partial charge in [-0.2, -0.15) is 0 Å². The molecule has 12 heteroatoms. The fourth-order valence-corrected chi connectivity index (χ4v) is 4.89. The smallest absolute Gasteiger partial charge is 0.272 e. The number of carbonyl (C=O) groups excluding carboxylic acids is 1. The third-order valence-corrected chi connectivity index (χ3v) is 6.94. The molecule has 1 aromatic carbocycles. The van der Waals surface area contributed by atoms with Crippen LogP contribution in [0.1, 0.15) is 10.5 Å². The zero-order valence-corrected chi connectivity index (χ0v) is 19.0. The van der Waals surface area contributed by atoms with Gasteiger partial charge in [-0.15, -0.1) is 0 Å². The second-order valence-corrected chi connectivity index (χ2v) is 9.49. The van der Waals surface area contributed by atoms with Crippen molar-refractivity contribution in [1.29, 1.82) is 0 Å². The Labute approximate surface area is 199 Å². The van der Waals surface area contributed by atoms with Crippen LogP contribution in [0, 0.1) is 11.6 Å². The monoisotopic (exact) mass is 499 g/mol. The zero-order valence-electron chi connectivity index (χ0n) is 18.2. The summed E-state index contributed by atoms with van der Waals surface area (Å²) in [6.45, 7) is 1.94. The number of nitrogens with one attached hydrogen (secondary N) is 1. The van der Waals surface area contributed by atoms with Gasteiger partial charge in [-0.05, 0) is 30.3 Å². The maximum absolute atomic E-state index is 14.0. The van der Waals surface area contributed by atoms with Gasteiger partial charge < -0.3 is 9.64 Å². The van der Waals surface area contributed by atoms with Crippen LogP contribution in [0.2, 0.25) is 0 Å². The molecule has 0 bridgehead atoms. The highest BCUT2D eigenvalue weighted by Gasteiger charge is 2.22. The van der Waals surface area contributed by atoms with Crippen LogP contribution in [-0.4, -0.2) is 59.9 Å². The zero-order chi connectivity index (χ0) is 24.6. The van der Waals surface area contributed by atoms with E-state index in [0.717, 1.165) is 12.1 Å². The lowest BCUT2D eigenvalue weighted by molar-refractivity contribution is 0.0298. The average Bonchev–Trinajstić information content (AvgIpc) is 3.27. The molecule has 1 aliphatic heterocycles. The van der Waals surface area contributed by atoms with Crippen molar-refractivity contribution in [3.8, 4) is 11.1 Å². The van der Waals surface area contributed by atoms with E-state index in [4.69, 9.17) is 4.74 Å². The molecule has 0 spiro atoms. The summed E-state index contributed by atoms with van der Waals surface area (Å²) in [7, 11) is -4.32. The molecule has 9 nitrogen and oxygen atoms in total. The van der Waals surface area contributed by atoms with Crippen molar-refractivity contribution in [2.75, 3.05) is 31.0 Å². The number of aromatic nitrogens is 3. The predicted octanol–water partition coefficient (Wildman–Crippen LogP) is 2.95. The third kappa shape index (κ3) is 4.57. The molecule has 180 valence electrons. The minimum absolute atomic E-state index is 0.0848. The molecule has 3 aromatic heterocycles. The molecule has 4 heterocycles. The van der Waals surface area contributed by atoms with Gasteiger partial charge in [0.25, 0.3) is 15.9 Å². The van der Waals surface area contributed by atoms with Crippen LogP contribution in [0.15, 0.2) is 66.1 Å². The van der Waals surface area contributed by atoms with Crippen LogP contribution in [0.3, 0.4) is 0 Å². The fourth-order valence-electron chi connectivity index (χ4n) is 3.79. The lowest BCUT2D eigenvalue weighted by Gasteiger charge is -2.26. The van der Waals surface area contributed by atoms with E-state index < -0.39 is 26.6 Å². The van der Waals surface area contributed by atoms with Crippen LogP contribution >= 0.6 is 0 Å². The van der Waals surface area contributed by atoms with E-state index in [2.05, 4.69) is 14.7 Å². The van der Waals surface area contributed by atoms with E-state index in [1.54, 1.807) is 27.6 Å². The van der Waals surface area contributed by atoms with E-state index in [9.17, 15) is 22.0 Å². The summed E-state index contributed by atoms with van der Waals surface area (Å²) in [4.78, 5) is 22.4. The van der Waals surface area contributed by atoms with Gasteiger partial charge in [0.1, 0.15) is 27.9 Å². The highest BCUT2D eigenvalue weighted by atomic mass is 32.2. The van der Waals surface area contributed by atoms with Crippen LogP contribution in [0.4, 0.5) is 14.5 Å². The predicted molar refractivity (Wildman–Crippen MR) is 122 cm³/mol. The van der Waals surface area contributed by atoms with Gasteiger partial charge in [0.05, 0.1) is 31.3 Å². The Kier molecular flexibility index (Phi) is 5.91. The fraction of sp³-hybridized carbons (Fsp3) is 0.174. The Morgan fingerprint density at radius 1 is 1.00 bits per heavy atom. The van der Waals surface area contributed by atoms with Gasteiger partial charge in [0, 0.05) is 42.7 Å². The lowest BCUT2D eigenvalue weighted by Crippen LogP contribution is -2.41. The number of nitrogens with zero attached hydrogens (tertiary/aromatic N) is 4. The van der Waals surface area contributed by atoms with Crippen molar-refractivity contribution < 1.29 is 26.7 Å². The Hall–Kier alpha value is -3.90. The molecular formula is C23H19F2N5O4S. The Balaban J connectivity index is 1.45. The number of imidazole rings is 1. The number of hydrogen-bond acceptors (Lipinski definition) is 6. The number of rotatable bonds is 5. The number of hydrogen-bond donors (Lipinski definition) is 1. The second kappa shape index (κ2) is 9.04. The largest absolute Gasteiger partial charge is 0.378 e. The summed E-state index contributed by atoms with van der Waals surface area (Å²) in [5, 5.41) is 0. The maximum Gasteiger partial charge on any atom is 0.272 e. The molecule has 0 unspecified atom stereocenters. The number of sulfonamides is 1. The van der Waals surface area contributed by atoms with Gasteiger partial charge in [-0.1, -0.05) is 0 Å². The average molecular weight is 499 g/mol. The SMILES string of the molecule is O=C(c1cnc2ccc(-c3cncc(NS(=O)(=O)c4ccc(F)cc4F)c3)cn12)N1CCOCC1. The van der Waals surface area contributed by atoms with Gasteiger partial charge in [0.2, 0.25) is 0 Å². The quantitative estimate of drug-likeness (QED) is 0.453. The number of benzene rings is 1. The van der Waals surface area contributed by atoms with E-state index in [1.165, 1.54) is 24.7 Å². The molecular weight excluding hydrogens is 480 g/mol. The molecule has 1 amide bonds. The number of fused-ring (bicyclic) bond motifs is 1. The summed E-state index contributed by atoms with van der Waals surface area (Å²) >= 11 is 0. The number of pyridine rings is 2. The van der Waals surface area contributed by atoms with E-state index >= 15 is 0 Å². The van der Waals surface area contributed by atoms with Crippen molar-refractivity contribution in [2.45, 2.75) is 4.90 Å². The standard InChI is InChI=1S/C23H19F2N5O4S/c24-17-2-3-21(19(25)10-17)35(32,33)28-18-9-16(11-26-12-18)15-1-4-22-27-13-20(30(22)14-15)23(31)29-5-7-34-8-6-29/h1-4,9-14,28H,5-8H2. The van der Waals surface area contributed by atoms with Crippen LogP contribution in [0.25, 0.3) is 16.8 Å². The summed E-state index contributed by atoms with van der Waals surface area (Å²) in [6, 6.07) is 7.23. The Morgan fingerprint density at radius 2 is 1.80 bits per heavy atom. The number of ether oxygens (including phenoxy) is 1. The lowest BCUT2D eigenvalue weighted by atomic mass is 10.1. The molecule has 5 rings (SSSR count). The molecule has 0 aliphatic carbocycles. The topological polar surface area (TPSA) is 106 Å². The highest BCUT2D eigenvalue weighted by Crippen LogP contribution is 2.25. The van der Waals surface area contributed by atoms with Crippen molar-refractivity contribution in [1.82, 2.24) is 19.3 Å². The molecule has 0 radical (unpaired) electrons. The Bertz CT molecular complexity index is 1530. The summed E-state index contributed by atoms with van der Waals surface area (Å²) < 4.78 is 61.7. The number of carbonyl (C=O) groups is 1. The normalized spacial score (nSPS) is 14.3. The molecule has 35 heavy (non-hydrogen) atoms. The second-order valence-electron chi connectivity index (χ2n) is 7.84. The van der Waals surface area contributed by atoms with Gasteiger partial charge >= 0.3 is 0 Å². The molecule has 1 saturated heterocycles. The van der Waals surface area contributed by atoms with Crippen molar-refractivity contribution in [2.24, 2.45) is 0 Å². The van der Waals surface area contributed by atoms with Crippen molar-refractivity contribution in [3.05, 3.63) is 78.5 Å². The van der Waals surface area contributed by atoms with Crippen LogP contribution in [-0.2, 0) is 14.8 Å². The van der Waals surface area contributed by atoms with E-state index in [1.807, 2.05) is 0 Å². The first-order valence-electron chi connectivity index (χ1n) is 10.6. The van der Waals surface area contributed by atoms with E-state index in [0.29, 0.717) is 54.8 Å². The van der Waals surface area contributed by atoms with Crippen LogP contribution in [0.5, 0.6) is 0 Å². The minimum atomic E-state index is -4.32. The van der Waals surface area contributed by atoms with Crippen molar-refractivity contribution >= 4 is 27.3 Å². The maximum atomic E-state index is 14.0. The minimum Gasteiger partial charge on any atom is -0.378 e. The van der Waals surface area contributed by atoms with Gasteiger partial charge in [0.15, 0.2) is 0 Å². The molecule has 4 aromatic rings. The first-order chi connectivity index (χ1) is 16.8. The number of halogens is 2. The van der Waals surface area contributed by atoms with Crippen LogP contribution < -0.4 is 4.72 Å². The highest BCUT2D eigenvalue weighted by molar-refractivity contribution is 7.92. The summed E-state index contributed by atoms with van der Waals surface area (Å²) in [6.07, 6.45) is 6.02. The molecule has 1 N–H and O–H groups in total. The Morgan fingerprint density at radius 3 is 2.57 bits per heavy atom. The number of anilines is 1. The van der Waals surface area contributed by atoms with Gasteiger partial charge in [-0.3, -0.25) is 18.9 Å². The number of amides is 1. The molecule has 0 saturated carbocycles. The molecule has 1 fully saturated rings. The first-order valence-corrected chi connectivity index (χ1v) is 12.1. The summed E-state index contributed by atoms with van der Waals surface area (Å²) in [5.41, 5.74) is 2.24. The molecule has 1 aliphatic rings. The van der Waals surface area contributed by atoms with Crippen molar-refractivity contribution in [3.63, 3.8) is 0 Å². The van der Waals surface area contributed by atoms with Gasteiger partial charge in [-0.25, -0.2) is 22.2 Å². The summed E-state index contributed by atoms with van der Waals surface area (Å²) in [5.74, 6) is -2.25.